The first-order valence-corrected chi connectivity index (χ1v) is 17.0. The zero-order valence-corrected chi connectivity index (χ0v) is 29.0. The van der Waals surface area contributed by atoms with E-state index in [1.54, 1.807) is 27.0 Å². The Hall–Kier alpha value is -5.06. The summed E-state index contributed by atoms with van der Waals surface area (Å²) < 4.78 is 5.25. The first kappa shape index (κ1) is 33.8. The fourth-order valence-corrected chi connectivity index (χ4v) is 6.79. The Morgan fingerprint density at radius 2 is 1.69 bits per heavy atom. The van der Waals surface area contributed by atoms with Gasteiger partial charge in [0.1, 0.15) is 11.4 Å². The Morgan fingerprint density at radius 1 is 0.980 bits per heavy atom. The molecular formula is C38H47N7O4. The number of aromatic nitrogens is 3. The van der Waals surface area contributed by atoms with Gasteiger partial charge >= 0.3 is 12.1 Å². The molecule has 2 aliphatic rings. The van der Waals surface area contributed by atoms with E-state index in [2.05, 4.69) is 68.4 Å². The molecule has 49 heavy (non-hydrogen) atoms. The number of para-hydroxylation sites is 1. The van der Waals surface area contributed by atoms with Crippen molar-refractivity contribution in [3.05, 3.63) is 95.2 Å². The summed E-state index contributed by atoms with van der Waals surface area (Å²) in [4.78, 5) is 52.4. The SMILES string of the molecule is CC(C)(C)OC(=O)NCCNC(=O)C(C)(C)c1cnc([C@@H](Cc2c[nH]c3ccccc23)NC(=O)N2CCC3(C=Cc4ccccc43)CC2)[nH]1. The molecule has 5 N–H and O–H groups in total. The number of nitrogens with zero attached hydrogens (tertiary/aromatic N) is 2. The molecule has 258 valence electrons. The number of benzene rings is 2. The molecule has 4 amide bonds. The van der Waals surface area contributed by atoms with Crippen molar-refractivity contribution in [2.45, 2.75) is 76.4 Å². The lowest BCUT2D eigenvalue weighted by Crippen LogP contribution is -2.49. The summed E-state index contributed by atoms with van der Waals surface area (Å²) >= 11 is 0. The van der Waals surface area contributed by atoms with Crippen molar-refractivity contribution < 1.29 is 19.1 Å². The highest BCUT2D eigenvalue weighted by atomic mass is 16.6. The lowest BCUT2D eigenvalue weighted by molar-refractivity contribution is -0.125. The highest BCUT2D eigenvalue weighted by Gasteiger charge is 2.39. The van der Waals surface area contributed by atoms with Crippen molar-refractivity contribution in [3.8, 4) is 0 Å². The van der Waals surface area contributed by atoms with Gasteiger partial charge in [-0.3, -0.25) is 4.79 Å². The monoisotopic (exact) mass is 665 g/mol. The number of rotatable bonds is 9. The summed E-state index contributed by atoms with van der Waals surface area (Å²) in [5.41, 5.74) is 3.72. The van der Waals surface area contributed by atoms with Crippen molar-refractivity contribution >= 4 is 35.0 Å². The van der Waals surface area contributed by atoms with Gasteiger partial charge in [-0.05, 0) is 70.2 Å². The second-order valence-electron chi connectivity index (χ2n) is 14.6. The normalized spacial score (nSPS) is 16.0. The standard InChI is InChI=1S/C38H47N7O4/c1-36(2,3)49-35(48)40-19-18-39-33(46)37(4,5)31-24-42-32(44-31)30(22-26-23-41-29-13-9-7-11-27(26)29)43-34(47)45-20-16-38(17-21-45)15-14-25-10-6-8-12-28(25)38/h6-15,23-24,30,41H,16-22H2,1-5H3,(H,39,46)(H,40,48)(H,42,44)(H,43,47)/t30-/m1/s1. The number of aromatic amines is 2. The molecule has 1 fully saturated rings. The van der Waals surface area contributed by atoms with Crippen LogP contribution < -0.4 is 16.0 Å². The van der Waals surface area contributed by atoms with Crippen LogP contribution in [-0.4, -0.2) is 69.7 Å². The van der Waals surface area contributed by atoms with E-state index in [1.807, 2.05) is 43.1 Å². The largest absolute Gasteiger partial charge is 0.444 e. The maximum Gasteiger partial charge on any atom is 0.407 e. The average Bonchev–Trinajstić information content (AvgIpc) is 3.81. The zero-order chi connectivity index (χ0) is 34.8. The number of amides is 4. The number of allylic oxidation sites excluding steroid dienone is 1. The molecule has 2 aromatic carbocycles. The van der Waals surface area contributed by atoms with Gasteiger partial charge in [-0.2, -0.15) is 0 Å². The van der Waals surface area contributed by atoms with E-state index in [0.29, 0.717) is 31.0 Å². The molecule has 1 atom stereocenters. The van der Waals surface area contributed by atoms with Crippen molar-refractivity contribution in [1.29, 1.82) is 0 Å². The summed E-state index contributed by atoms with van der Waals surface area (Å²) in [5.74, 6) is 0.345. The summed E-state index contributed by atoms with van der Waals surface area (Å²) in [5, 5.41) is 9.91. The van der Waals surface area contributed by atoms with Gasteiger partial charge in [0.25, 0.3) is 0 Å². The third-order valence-electron chi connectivity index (χ3n) is 9.66. The van der Waals surface area contributed by atoms with Crippen LogP contribution in [0.15, 0.2) is 67.0 Å². The topological polar surface area (TPSA) is 144 Å². The van der Waals surface area contributed by atoms with Crippen LogP contribution in [0.2, 0.25) is 0 Å². The van der Waals surface area contributed by atoms with Gasteiger partial charge < -0.3 is 35.6 Å². The van der Waals surface area contributed by atoms with Crippen LogP contribution >= 0.6 is 0 Å². The summed E-state index contributed by atoms with van der Waals surface area (Å²) in [6, 6.07) is 16.0. The van der Waals surface area contributed by atoms with Crippen molar-refractivity contribution in [1.82, 2.24) is 35.8 Å². The van der Waals surface area contributed by atoms with Gasteiger partial charge in [-0.15, -0.1) is 0 Å². The molecule has 11 heteroatoms. The second-order valence-corrected chi connectivity index (χ2v) is 14.6. The number of piperidine rings is 1. The molecule has 11 nitrogen and oxygen atoms in total. The lowest BCUT2D eigenvalue weighted by atomic mass is 9.74. The number of carbonyl (C=O) groups excluding carboxylic acids is 3. The minimum Gasteiger partial charge on any atom is -0.444 e. The molecule has 0 unspecified atom stereocenters. The summed E-state index contributed by atoms with van der Waals surface area (Å²) in [7, 11) is 0. The highest BCUT2D eigenvalue weighted by Crippen LogP contribution is 2.43. The molecule has 0 radical (unpaired) electrons. The maximum atomic E-state index is 13.9. The number of alkyl carbamates (subject to hydrolysis) is 1. The van der Waals surface area contributed by atoms with Gasteiger partial charge in [0.05, 0.1) is 11.5 Å². The quantitative estimate of drug-likeness (QED) is 0.142. The van der Waals surface area contributed by atoms with E-state index in [9.17, 15) is 14.4 Å². The lowest BCUT2D eigenvalue weighted by Gasteiger charge is -2.39. The summed E-state index contributed by atoms with van der Waals surface area (Å²) in [6.45, 7) is 10.8. The summed E-state index contributed by atoms with van der Waals surface area (Å²) in [6.07, 6.45) is 9.85. The van der Waals surface area contributed by atoms with Crippen LogP contribution in [0.4, 0.5) is 9.59 Å². The van der Waals surface area contributed by atoms with Crippen molar-refractivity contribution in [3.63, 3.8) is 0 Å². The van der Waals surface area contributed by atoms with E-state index in [4.69, 9.17) is 9.72 Å². The number of hydrogen-bond acceptors (Lipinski definition) is 5. The smallest absolute Gasteiger partial charge is 0.407 e. The van der Waals surface area contributed by atoms with Crippen molar-refractivity contribution in [2.24, 2.45) is 0 Å². The number of urea groups is 1. The van der Waals surface area contributed by atoms with E-state index in [0.717, 1.165) is 29.3 Å². The molecule has 6 rings (SSSR count). The predicted molar refractivity (Wildman–Crippen MR) is 190 cm³/mol. The van der Waals surface area contributed by atoms with Gasteiger partial charge in [0.2, 0.25) is 5.91 Å². The molecule has 3 heterocycles. The minimum atomic E-state index is -0.960. The van der Waals surface area contributed by atoms with Crippen molar-refractivity contribution in [2.75, 3.05) is 26.2 Å². The Morgan fingerprint density at radius 3 is 2.47 bits per heavy atom. The third-order valence-corrected chi connectivity index (χ3v) is 9.66. The van der Waals surface area contributed by atoms with Gasteiger partial charge in [0, 0.05) is 67.0 Å². The fourth-order valence-electron chi connectivity index (χ4n) is 6.79. The van der Waals surface area contributed by atoms with Crippen LogP contribution in [0.3, 0.4) is 0 Å². The van der Waals surface area contributed by atoms with Crippen LogP contribution in [0.25, 0.3) is 17.0 Å². The number of likely N-dealkylation sites (tertiary alicyclic amines) is 1. The first-order valence-electron chi connectivity index (χ1n) is 17.0. The molecule has 0 saturated carbocycles. The van der Waals surface area contributed by atoms with E-state index < -0.39 is 23.2 Å². The van der Waals surface area contributed by atoms with Gasteiger partial charge in [-0.25, -0.2) is 14.6 Å². The Labute approximate surface area is 287 Å². The number of carbonyl (C=O) groups is 3. The number of H-pyrrole nitrogens is 2. The number of ether oxygens (including phenoxy) is 1. The van der Waals surface area contributed by atoms with Crippen LogP contribution in [0, 0.1) is 0 Å². The van der Waals surface area contributed by atoms with Gasteiger partial charge in [0.15, 0.2) is 0 Å². The molecule has 1 spiro atoms. The van der Waals surface area contributed by atoms with Gasteiger partial charge in [-0.1, -0.05) is 54.6 Å². The molecule has 1 aliphatic carbocycles. The Kier molecular flexibility index (Phi) is 9.28. The molecule has 0 bridgehead atoms. The third kappa shape index (κ3) is 7.35. The number of fused-ring (bicyclic) bond motifs is 3. The molecule has 1 aliphatic heterocycles. The molecule has 1 saturated heterocycles. The second kappa shape index (κ2) is 13.4. The predicted octanol–water partition coefficient (Wildman–Crippen LogP) is 5.86. The minimum absolute atomic E-state index is 0.0231. The zero-order valence-electron chi connectivity index (χ0n) is 29.0. The number of hydrogen-bond donors (Lipinski definition) is 5. The molecular weight excluding hydrogens is 618 g/mol. The van der Waals surface area contributed by atoms with E-state index >= 15 is 0 Å². The maximum absolute atomic E-state index is 13.9. The average molecular weight is 666 g/mol. The number of nitrogens with one attached hydrogen (secondary N) is 5. The fraction of sp³-hybridized carbons (Fsp3) is 0.421. The Bertz CT molecular complexity index is 1860. The van der Waals surface area contributed by atoms with E-state index in [-0.39, 0.29) is 30.4 Å². The van der Waals surface area contributed by atoms with Crippen LogP contribution in [-0.2, 0) is 26.8 Å². The van der Waals surface area contributed by atoms with Crippen LogP contribution in [0.5, 0.6) is 0 Å². The van der Waals surface area contributed by atoms with Crippen LogP contribution in [0.1, 0.15) is 81.7 Å². The van der Waals surface area contributed by atoms with E-state index in [1.165, 1.54) is 11.1 Å². The Balaban J connectivity index is 1.14. The molecule has 4 aromatic rings. The molecule has 2 aromatic heterocycles. The highest BCUT2D eigenvalue weighted by molar-refractivity contribution is 5.87. The number of imidazole rings is 1. The first-order chi connectivity index (χ1) is 23.3.